The van der Waals surface area contributed by atoms with Crippen LogP contribution in [-0.2, 0) is 14.3 Å². The van der Waals surface area contributed by atoms with Crippen molar-refractivity contribution >= 4 is 17.7 Å². The van der Waals surface area contributed by atoms with Crippen LogP contribution in [0.25, 0.3) is 11.1 Å². The third-order valence-corrected chi connectivity index (χ3v) is 8.35. The van der Waals surface area contributed by atoms with Crippen molar-refractivity contribution in [3.63, 3.8) is 0 Å². The SMILES string of the molecule is COCCCOc1cc(N(C(=O)[C@H]2CN(C(=O)OC(C)(C)C)CC[C@@H]2c2cccc(-c3ccccc3)c2)C2CC2)ccc1C. The molecule has 0 aromatic heterocycles. The number of aryl methyl sites for hydroxylation is 1. The van der Waals surface area contributed by atoms with Gasteiger partial charge in [0.25, 0.3) is 0 Å². The highest BCUT2D eigenvalue weighted by molar-refractivity contribution is 5.97. The van der Waals surface area contributed by atoms with Gasteiger partial charge in [0, 0.05) is 51.0 Å². The van der Waals surface area contributed by atoms with E-state index in [0.29, 0.717) is 32.7 Å². The Balaban J connectivity index is 1.47. The molecule has 1 saturated carbocycles. The van der Waals surface area contributed by atoms with Gasteiger partial charge in [0.05, 0.1) is 12.5 Å². The van der Waals surface area contributed by atoms with E-state index in [1.807, 2.05) is 69.0 Å². The number of carbonyl (C=O) groups excluding carboxylic acids is 2. The molecule has 1 aliphatic heterocycles. The van der Waals surface area contributed by atoms with Gasteiger partial charge in [-0.15, -0.1) is 0 Å². The van der Waals surface area contributed by atoms with Gasteiger partial charge in [0.15, 0.2) is 0 Å². The van der Waals surface area contributed by atoms with Gasteiger partial charge in [-0.1, -0.05) is 60.7 Å². The van der Waals surface area contributed by atoms with Gasteiger partial charge in [-0.3, -0.25) is 4.79 Å². The summed E-state index contributed by atoms with van der Waals surface area (Å²) in [7, 11) is 1.69. The van der Waals surface area contributed by atoms with Crippen LogP contribution < -0.4 is 9.64 Å². The maximum absolute atomic E-state index is 14.8. The smallest absolute Gasteiger partial charge is 0.410 e. The highest BCUT2D eigenvalue weighted by Crippen LogP contribution is 2.41. The summed E-state index contributed by atoms with van der Waals surface area (Å²) in [5.41, 5.74) is 4.64. The first kappa shape index (κ1) is 31.6. The fourth-order valence-electron chi connectivity index (χ4n) is 5.98. The van der Waals surface area contributed by atoms with Crippen molar-refractivity contribution in [2.45, 2.75) is 70.9 Å². The molecule has 7 heteroatoms. The predicted molar refractivity (Wildman–Crippen MR) is 174 cm³/mol. The minimum Gasteiger partial charge on any atom is -0.493 e. The molecule has 7 nitrogen and oxygen atoms in total. The molecular formula is C37H46N2O5. The molecule has 2 amide bonds. The zero-order valence-corrected chi connectivity index (χ0v) is 26.8. The topological polar surface area (TPSA) is 68.3 Å². The zero-order valence-electron chi connectivity index (χ0n) is 26.8. The van der Waals surface area contributed by atoms with Gasteiger partial charge in [-0.2, -0.15) is 0 Å². The molecule has 0 radical (unpaired) electrons. The predicted octanol–water partition coefficient (Wildman–Crippen LogP) is 7.61. The molecule has 234 valence electrons. The third kappa shape index (κ3) is 7.81. The van der Waals surface area contributed by atoms with E-state index >= 15 is 0 Å². The molecule has 0 spiro atoms. The minimum absolute atomic E-state index is 0.0405. The lowest BCUT2D eigenvalue weighted by Gasteiger charge is -2.40. The Hall–Kier alpha value is -3.84. The average molecular weight is 599 g/mol. The summed E-state index contributed by atoms with van der Waals surface area (Å²) < 4.78 is 17.0. The largest absolute Gasteiger partial charge is 0.493 e. The number of nitrogens with zero attached hydrogens (tertiary/aromatic N) is 2. The third-order valence-electron chi connectivity index (χ3n) is 8.35. The van der Waals surface area contributed by atoms with Crippen LogP contribution in [0.4, 0.5) is 10.5 Å². The van der Waals surface area contributed by atoms with Crippen LogP contribution in [0, 0.1) is 12.8 Å². The van der Waals surface area contributed by atoms with Crippen molar-refractivity contribution in [3.05, 3.63) is 83.9 Å². The van der Waals surface area contributed by atoms with Gasteiger partial charge in [0.1, 0.15) is 11.4 Å². The molecule has 0 unspecified atom stereocenters. The molecule has 44 heavy (non-hydrogen) atoms. The number of hydrogen-bond donors (Lipinski definition) is 0. The van der Waals surface area contributed by atoms with Gasteiger partial charge in [-0.25, -0.2) is 4.79 Å². The average Bonchev–Trinajstić information content (AvgIpc) is 3.85. The second kappa shape index (κ2) is 13.9. The summed E-state index contributed by atoms with van der Waals surface area (Å²) in [6, 6.07) is 25.0. The first-order chi connectivity index (χ1) is 21.1. The lowest BCUT2D eigenvalue weighted by Crippen LogP contribution is -2.51. The van der Waals surface area contributed by atoms with Crippen molar-refractivity contribution in [1.82, 2.24) is 4.90 Å². The van der Waals surface area contributed by atoms with Crippen LogP contribution in [0.5, 0.6) is 5.75 Å². The van der Waals surface area contributed by atoms with Crippen molar-refractivity contribution < 1.29 is 23.8 Å². The number of benzene rings is 3. The van der Waals surface area contributed by atoms with E-state index in [2.05, 4.69) is 36.4 Å². The van der Waals surface area contributed by atoms with Crippen LogP contribution in [0.3, 0.4) is 0 Å². The standard InChI is InChI=1S/C37H46N2O5/c1-26-15-16-31(24-34(26)43-22-10-21-42-5)39(30-17-18-30)35(40)33-25-38(36(41)44-37(2,3)4)20-19-32(33)29-14-9-13-28(23-29)27-11-7-6-8-12-27/h6-9,11-16,23-24,30,32-33H,10,17-22,25H2,1-5H3/t32-,33+/m1/s1. The minimum atomic E-state index is -0.612. The Labute approximate surface area is 262 Å². The van der Waals surface area contributed by atoms with E-state index in [-0.39, 0.29) is 24.0 Å². The molecule has 1 heterocycles. The summed E-state index contributed by atoms with van der Waals surface area (Å²) in [5.74, 6) is 0.366. The monoisotopic (exact) mass is 598 g/mol. The molecule has 3 aromatic carbocycles. The molecule has 0 bridgehead atoms. The molecule has 3 aromatic rings. The number of hydrogen-bond acceptors (Lipinski definition) is 5. The Morgan fingerprint density at radius 2 is 1.66 bits per heavy atom. The van der Waals surface area contributed by atoms with Crippen LogP contribution in [0.2, 0.25) is 0 Å². The number of piperidine rings is 1. The van der Waals surface area contributed by atoms with Crippen LogP contribution >= 0.6 is 0 Å². The Kier molecular flexibility index (Phi) is 9.94. The van der Waals surface area contributed by atoms with E-state index in [1.165, 1.54) is 0 Å². The van der Waals surface area contributed by atoms with Gasteiger partial charge in [0.2, 0.25) is 5.91 Å². The van der Waals surface area contributed by atoms with Crippen LogP contribution in [-0.4, -0.2) is 62.0 Å². The molecule has 2 atom stereocenters. The number of methoxy groups -OCH3 is 1. The lowest BCUT2D eigenvalue weighted by molar-refractivity contribution is -0.124. The number of likely N-dealkylation sites (tertiary alicyclic amines) is 1. The number of amides is 2. The van der Waals surface area contributed by atoms with Crippen LogP contribution in [0.15, 0.2) is 72.8 Å². The summed E-state index contributed by atoms with van der Waals surface area (Å²) in [4.78, 5) is 31.7. The second-order valence-electron chi connectivity index (χ2n) is 13.0. The lowest BCUT2D eigenvalue weighted by atomic mass is 9.79. The Morgan fingerprint density at radius 1 is 0.909 bits per heavy atom. The zero-order chi connectivity index (χ0) is 31.3. The molecule has 1 saturated heterocycles. The molecule has 0 N–H and O–H groups in total. The normalized spacial score (nSPS) is 18.5. The van der Waals surface area contributed by atoms with E-state index in [9.17, 15) is 9.59 Å². The van der Waals surface area contributed by atoms with Gasteiger partial charge >= 0.3 is 6.09 Å². The van der Waals surface area contributed by atoms with E-state index in [4.69, 9.17) is 14.2 Å². The van der Waals surface area contributed by atoms with Gasteiger partial charge < -0.3 is 24.0 Å². The Bertz CT molecular complexity index is 1430. The summed E-state index contributed by atoms with van der Waals surface area (Å²) in [6.07, 6.45) is 3.01. The fraction of sp³-hybridized carbons (Fsp3) is 0.459. The van der Waals surface area contributed by atoms with E-state index < -0.39 is 11.5 Å². The van der Waals surface area contributed by atoms with E-state index in [1.54, 1.807) is 12.0 Å². The number of rotatable bonds is 10. The van der Waals surface area contributed by atoms with Crippen molar-refractivity contribution in [2.24, 2.45) is 5.92 Å². The highest BCUT2D eigenvalue weighted by atomic mass is 16.6. The first-order valence-electron chi connectivity index (χ1n) is 15.8. The highest BCUT2D eigenvalue weighted by Gasteiger charge is 2.44. The quantitative estimate of drug-likeness (QED) is 0.225. The fourth-order valence-corrected chi connectivity index (χ4v) is 5.98. The van der Waals surface area contributed by atoms with Crippen LogP contribution in [0.1, 0.15) is 63.5 Å². The van der Waals surface area contributed by atoms with Gasteiger partial charge in [-0.05, 0) is 81.2 Å². The summed E-state index contributed by atoms with van der Waals surface area (Å²) in [5, 5.41) is 0. The maximum atomic E-state index is 14.8. The van der Waals surface area contributed by atoms with Crippen molar-refractivity contribution in [2.75, 3.05) is 38.3 Å². The second-order valence-corrected chi connectivity index (χ2v) is 13.0. The number of anilines is 1. The summed E-state index contributed by atoms with van der Waals surface area (Å²) >= 11 is 0. The summed E-state index contributed by atoms with van der Waals surface area (Å²) in [6.45, 7) is 9.66. The molecule has 2 aliphatic rings. The van der Waals surface area contributed by atoms with E-state index in [0.717, 1.165) is 53.0 Å². The molecular weight excluding hydrogens is 552 g/mol. The van der Waals surface area contributed by atoms with Crippen molar-refractivity contribution in [1.29, 1.82) is 0 Å². The van der Waals surface area contributed by atoms with Crippen molar-refractivity contribution in [3.8, 4) is 16.9 Å². The number of carbonyl (C=O) groups is 2. The number of ether oxygens (including phenoxy) is 3. The Morgan fingerprint density at radius 3 is 2.36 bits per heavy atom. The maximum Gasteiger partial charge on any atom is 0.410 e. The molecule has 5 rings (SSSR count). The first-order valence-corrected chi connectivity index (χ1v) is 15.8. The molecule has 1 aliphatic carbocycles. The molecule has 2 fully saturated rings.